The van der Waals surface area contributed by atoms with Crippen LogP contribution in [0.15, 0.2) is 51.8 Å². The maximum atomic E-state index is 12.8. The lowest BCUT2D eigenvalue weighted by Crippen LogP contribution is -2.15. The fraction of sp³-hybridized carbons (Fsp3) is 0.250. The third-order valence-corrected chi connectivity index (χ3v) is 5.16. The molecule has 0 aliphatic rings. The number of nitrogens with one attached hydrogen (secondary N) is 1. The Hall–Kier alpha value is -1.54. The van der Waals surface area contributed by atoms with Crippen LogP contribution in [0.2, 0.25) is 0 Å². The van der Waals surface area contributed by atoms with Crippen LogP contribution in [0.5, 0.6) is 0 Å². The van der Waals surface area contributed by atoms with Gasteiger partial charge in [-0.3, -0.25) is 4.72 Å². The molecule has 0 saturated heterocycles. The summed E-state index contributed by atoms with van der Waals surface area (Å²) in [4.78, 5) is -0.461. The van der Waals surface area contributed by atoms with E-state index >= 15 is 0 Å². The highest BCUT2D eigenvalue weighted by Gasteiger charge is 2.32. The van der Waals surface area contributed by atoms with Gasteiger partial charge in [-0.25, -0.2) is 8.42 Å². The van der Waals surface area contributed by atoms with Gasteiger partial charge < -0.3 is 0 Å². The number of rotatable bonds is 4. The third-order valence-electron chi connectivity index (χ3n) is 3.34. The Balaban J connectivity index is 2.35. The molecule has 0 aromatic heterocycles. The van der Waals surface area contributed by atoms with Gasteiger partial charge >= 0.3 is 6.18 Å². The van der Waals surface area contributed by atoms with Gasteiger partial charge in [-0.2, -0.15) is 13.2 Å². The van der Waals surface area contributed by atoms with Crippen LogP contribution in [0, 0.1) is 0 Å². The molecule has 130 valence electrons. The van der Waals surface area contributed by atoms with E-state index in [0.29, 0.717) is 6.07 Å². The quantitative estimate of drug-likeness (QED) is 0.718. The van der Waals surface area contributed by atoms with Crippen LogP contribution in [0.1, 0.15) is 30.9 Å². The molecule has 0 radical (unpaired) electrons. The maximum Gasteiger partial charge on any atom is 0.416 e. The largest absolute Gasteiger partial charge is 0.416 e. The van der Waals surface area contributed by atoms with Crippen molar-refractivity contribution in [2.45, 2.75) is 30.8 Å². The molecule has 0 spiro atoms. The molecule has 8 heteroatoms. The first-order valence-electron chi connectivity index (χ1n) is 6.99. The summed E-state index contributed by atoms with van der Waals surface area (Å²) in [5.74, 6) is 0.287. The SMILES string of the molecule is CC(C)c1ccc(NS(=O)(=O)c2cc(Br)cc(C(F)(F)F)c2)cc1. The van der Waals surface area contributed by atoms with Crippen LogP contribution in [0.4, 0.5) is 18.9 Å². The summed E-state index contributed by atoms with van der Waals surface area (Å²) in [7, 11) is -4.13. The van der Waals surface area contributed by atoms with Crippen molar-refractivity contribution in [3.8, 4) is 0 Å². The van der Waals surface area contributed by atoms with Gasteiger partial charge in [-0.05, 0) is 41.8 Å². The van der Waals surface area contributed by atoms with E-state index in [1.807, 2.05) is 13.8 Å². The lowest BCUT2D eigenvalue weighted by molar-refractivity contribution is -0.137. The van der Waals surface area contributed by atoms with Gasteiger partial charge in [0.2, 0.25) is 0 Å². The van der Waals surface area contributed by atoms with E-state index in [-0.39, 0.29) is 16.1 Å². The Kier molecular flexibility index (Phi) is 5.29. The fourth-order valence-corrected chi connectivity index (χ4v) is 3.80. The third kappa shape index (κ3) is 4.51. The van der Waals surface area contributed by atoms with Crippen molar-refractivity contribution in [1.82, 2.24) is 0 Å². The lowest BCUT2D eigenvalue weighted by atomic mass is 10.0. The predicted octanol–water partition coefficient (Wildman–Crippen LogP) is 5.39. The van der Waals surface area contributed by atoms with Crippen molar-refractivity contribution in [1.29, 1.82) is 0 Å². The molecule has 0 saturated carbocycles. The van der Waals surface area contributed by atoms with Crippen molar-refractivity contribution in [2.75, 3.05) is 4.72 Å². The molecule has 2 aromatic rings. The van der Waals surface area contributed by atoms with Gasteiger partial charge in [0.1, 0.15) is 0 Å². The summed E-state index contributed by atoms with van der Waals surface area (Å²) < 4.78 is 65.6. The normalized spacial score (nSPS) is 12.5. The highest BCUT2D eigenvalue weighted by atomic mass is 79.9. The van der Waals surface area contributed by atoms with Gasteiger partial charge in [0, 0.05) is 10.2 Å². The minimum atomic E-state index is -4.63. The average molecular weight is 422 g/mol. The summed E-state index contributed by atoms with van der Waals surface area (Å²) in [6.07, 6.45) is -4.63. The Morgan fingerprint density at radius 1 is 1.04 bits per heavy atom. The molecule has 0 aliphatic heterocycles. The molecule has 0 bridgehead atoms. The van der Waals surface area contributed by atoms with Gasteiger partial charge in [0.15, 0.2) is 0 Å². The molecule has 0 heterocycles. The van der Waals surface area contributed by atoms with Crippen LogP contribution < -0.4 is 4.72 Å². The van der Waals surface area contributed by atoms with Gasteiger partial charge in [-0.1, -0.05) is 41.9 Å². The topological polar surface area (TPSA) is 46.2 Å². The Labute approximate surface area is 147 Å². The van der Waals surface area contributed by atoms with E-state index < -0.39 is 26.7 Å². The number of halogens is 4. The molecule has 2 aromatic carbocycles. The van der Waals surface area contributed by atoms with Gasteiger partial charge in [0.05, 0.1) is 10.5 Å². The molecule has 24 heavy (non-hydrogen) atoms. The molecule has 0 unspecified atom stereocenters. The Morgan fingerprint density at radius 3 is 2.12 bits per heavy atom. The van der Waals surface area contributed by atoms with Crippen molar-refractivity contribution in [3.63, 3.8) is 0 Å². The van der Waals surface area contributed by atoms with Crippen molar-refractivity contribution in [3.05, 3.63) is 58.1 Å². The van der Waals surface area contributed by atoms with Crippen LogP contribution in [0.3, 0.4) is 0 Å². The predicted molar refractivity (Wildman–Crippen MR) is 90.5 cm³/mol. The first-order chi connectivity index (χ1) is 11.0. The monoisotopic (exact) mass is 421 g/mol. The molecule has 0 atom stereocenters. The molecule has 0 amide bonds. The minimum absolute atomic E-state index is 0.0351. The zero-order valence-corrected chi connectivity index (χ0v) is 15.3. The number of alkyl halides is 3. The summed E-state index contributed by atoms with van der Waals surface area (Å²) >= 11 is 2.92. The molecule has 0 fully saturated rings. The zero-order chi connectivity index (χ0) is 18.1. The highest BCUT2D eigenvalue weighted by molar-refractivity contribution is 9.10. The van der Waals surface area contributed by atoms with Crippen molar-refractivity contribution in [2.24, 2.45) is 0 Å². The second-order valence-electron chi connectivity index (χ2n) is 5.56. The highest BCUT2D eigenvalue weighted by Crippen LogP contribution is 2.33. The Bertz CT molecular complexity index is 831. The summed E-state index contributed by atoms with van der Waals surface area (Å²) in [6, 6.07) is 9.26. The number of benzene rings is 2. The summed E-state index contributed by atoms with van der Waals surface area (Å²) in [6.45, 7) is 4.00. The van der Waals surface area contributed by atoms with E-state index in [9.17, 15) is 21.6 Å². The first kappa shape index (κ1) is 18.8. The molecular weight excluding hydrogens is 407 g/mol. The first-order valence-corrected chi connectivity index (χ1v) is 9.27. The second kappa shape index (κ2) is 6.76. The van der Waals surface area contributed by atoms with Gasteiger partial charge in [0.25, 0.3) is 10.0 Å². The van der Waals surface area contributed by atoms with E-state index in [2.05, 4.69) is 20.7 Å². The van der Waals surface area contributed by atoms with Gasteiger partial charge in [-0.15, -0.1) is 0 Å². The second-order valence-corrected chi connectivity index (χ2v) is 8.15. The lowest BCUT2D eigenvalue weighted by Gasteiger charge is -2.13. The minimum Gasteiger partial charge on any atom is -0.280 e. The smallest absolute Gasteiger partial charge is 0.280 e. The summed E-state index contributed by atoms with van der Waals surface area (Å²) in [5, 5.41) is 0. The Morgan fingerprint density at radius 2 is 1.62 bits per heavy atom. The molecule has 0 aliphatic carbocycles. The van der Waals surface area contributed by atoms with Crippen molar-refractivity contribution >= 4 is 31.6 Å². The molecule has 1 N–H and O–H groups in total. The maximum absolute atomic E-state index is 12.8. The average Bonchev–Trinajstić information content (AvgIpc) is 2.46. The van der Waals surface area contributed by atoms with Crippen LogP contribution >= 0.6 is 15.9 Å². The number of hydrogen-bond donors (Lipinski definition) is 1. The van der Waals surface area contributed by atoms with E-state index in [1.165, 1.54) is 0 Å². The zero-order valence-electron chi connectivity index (χ0n) is 12.9. The van der Waals surface area contributed by atoms with E-state index in [0.717, 1.165) is 17.7 Å². The number of anilines is 1. The van der Waals surface area contributed by atoms with Crippen LogP contribution in [-0.2, 0) is 16.2 Å². The standard InChI is InChI=1S/C16H15BrF3NO2S/c1-10(2)11-3-5-14(6-4-11)21-24(22,23)15-8-12(16(18,19)20)7-13(17)9-15/h3-10,21H,1-2H3. The molecular formula is C16H15BrF3NO2S. The van der Waals surface area contributed by atoms with Crippen LogP contribution in [0.25, 0.3) is 0 Å². The van der Waals surface area contributed by atoms with Crippen molar-refractivity contribution < 1.29 is 21.6 Å². The number of hydrogen-bond acceptors (Lipinski definition) is 2. The van der Waals surface area contributed by atoms with E-state index in [1.54, 1.807) is 24.3 Å². The van der Waals surface area contributed by atoms with E-state index in [4.69, 9.17) is 0 Å². The molecule has 3 nitrogen and oxygen atoms in total. The fourth-order valence-electron chi connectivity index (χ4n) is 2.03. The number of sulfonamides is 1. The molecule has 2 rings (SSSR count). The van der Waals surface area contributed by atoms with Crippen LogP contribution in [-0.4, -0.2) is 8.42 Å². The summed E-state index contributed by atoms with van der Waals surface area (Å²) in [5.41, 5.74) is 0.278.